The summed E-state index contributed by atoms with van der Waals surface area (Å²) in [6.45, 7) is 2.92. The van der Waals surface area contributed by atoms with Crippen LogP contribution in [0, 0.1) is 0 Å². The molecule has 4 heteroatoms. The van der Waals surface area contributed by atoms with Crippen molar-refractivity contribution in [1.29, 1.82) is 0 Å². The summed E-state index contributed by atoms with van der Waals surface area (Å²) >= 11 is 6.72. The Hall–Kier alpha value is -1.39. The first-order valence-corrected chi connectivity index (χ1v) is 8.92. The highest BCUT2D eigenvalue weighted by Gasteiger charge is 2.30. The highest BCUT2D eigenvalue weighted by atomic mass is 32.2. The van der Waals surface area contributed by atoms with Gasteiger partial charge in [0.25, 0.3) is 5.91 Å². The maximum atomic E-state index is 12.3. The maximum absolute atomic E-state index is 12.3. The van der Waals surface area contributed by atoms with E-state index in [9.17, 15) is 4.79 Å². The van der Waals surface area contributed by atoms with Crippen LogP contribution < -0.4 is 0 Å². The quantitative estimate of drug-likeness (QED) is 0.397. The van der Waals surface area contributed by atoms with Crippen LogP contribution in [-0.2, 0) is 4.79 Å². The summed E-state index contributed by atoms with van der Waals surface area (Å²) in [5.74, 6) is 0.0456. The molecular formula is C18H21NOS2. The first-order valence-electron chi connectivity index (χ1n) is 7.69. The van der Waals surface area contributed by atoms with Gasteiger partial charge in [0.15, 0.2) is 0 Å². The topological polar surface area (TPSA) is 20.3 Å². The Kier molecular flexibility index (Phi) is 6.87. The van der Waals surface area contributed by atoms with Crippen LogP contribution >= 0.6 is 24.0 Å². The van der Waals surface area contributed by atoms with Crippen molar-refractivity contribution < 1.29 is 4.79 Å². The Morgan fingerprint density at radius 2 is 1.95 bits per heavy atom. The fourth-order valence-electron chi connectivity index (χ4n) is 2.21. The van der Waals surface area contributed by atoms with E-state index in [1.54, 1.807) is 4.90 Å². The van der Waals surface area contributed by atoms with Gasteiger partial charge < -0.3 is 0 Å². The summed E-state index contributed by atoms with van der Waals surface area (Å²) in [5, 5.41) is 0. The van der Waals surface area contributed by atoms with E-state index in [-0.39, 0.29) is 5.91 Å². The van der Waals surface area contributed by atoms with Crippen molar-refractivity contribution in [2.24, 2.45) is 0 Å². The average Bonchev–Trinajstić information content (AvgIpc) is 2.80. The van der Waals surface area contributed by atoms with Crippen LogP contribution in [0.15, 0.2) is 47.4 Å². The summed E-state index contributed by atoms with van der Waals surface area (Å²) in [7, 11) is 0. The van der Waals surface area contributed by atoms with Crippen molar-refractivity contribution in [3.63, 3.8) is 0 Å². The Morgan fingerprint density at radius 1 is 1.18 bits per heavy atom. The number of carbonyl (C=O) groups is 1. The van der Waals surface area contributed by atoms with Crippen molar-refractivity contribution >= 4 is 40.3 Å². The SMILES string of the molecule is CCCCCCN1C(=O)/C(=C/C=C/c2ccccc2)SC1=S. The number of unbranched alkanes of at least 4 members (excludes halogenated alkanes) is 3. The lowest BCUT2D eigenvalue weighted by molar-refractivity contribution is -0.122. The number of amides is 1. The molecule has 0 bridgehead atoms. The fraction of sp³-hybridized carbons (Fsp3) is 0.333. The molecule has 0 radical (unpaired) electrons. The maximum Gasteiger partial charge on any atom is 0.266 e. The second-order valence-corrected chi connectivity index (χ2v) is 6.86. The normalized spacial score (nSPS) is 17.1. The fourth-order valence-corrected chi connectivity index (χ4v) is 3.47. The predicted octanol–water partition coefficient (Wildman–Crippen LogP) is 5.02. The van der Waals surface area contributed by atoms with E-state index in [1.165, 1.54) is 24.6 Å². The molecule has 116 valence electrons. The van der Waals surface area contributed by atoms with Crippen LogP contribution in [-0.4, -0.2) is 21.7 Å². The second-order valence-electron chi connectivity index (χ2n) is 5.19. The van der Waals surface area contributed by atoms with Crippen LogP contribution in [0.2, 0.25) is 0 Å². The van der Waals surface area contributed by atoms with Gasteiger partial charge in [0.1, 0.15) is 4.32 Å². The molecule has 22 heavy (non-hydrogen) atoms. The first-order chi connectivity index (χ1) is 10.7. The molecule has 0 atom stereocenters. The van der Waals surface area contributed by atoms with Crippen molar-refractivity contribution in [1.82, 2.24) is 4.90 Å². The smallest absolute Gasteiger partial charge is 0.266 e. The summed E-state index contributed by atoms with van der Waals surface area (Å²) in [5.41, 5.74) is 1.12. The molecule has 1 saturated heterocycles. The molecular weight excluding hydrogens is 310 g/mol. The Bertz CT molecular complexity index is 578. The average molecular weight is 332 g/mol. The van der Waals surface area contributed by atoms with Gasteiger partial charge in [-0.1, -0.05) is 92.6 Å². The third-order valence-corrected chi connectivity index (χ3v) is 4.84. The van der Waals surface area contributed by atoms with Gasteiger partial charge in [0.05, 0.1) is 4.91 Å². The number of hydrogen-bond acceptors (Lipinski definition) is 3. The van der Waals surface area contributed by atoms with Gasteiger partial charge in [0.2, 0.25) is 0 Å². The highest BCUT2D eigenvalue weighted by molar-refractivity contribution is 8.26. The third-order valence-electron chi connectivity index (χ3n) is 3.44. The van der Waals surface area contributed by atoms with E-state index in [0.29, 0.717) is 9.23 Å². The lowest BCUT2D eigenvalue weighted by atomic mass is 10.2. The largest absolute Gasteiger partial charge is 0.293 e. The number of rotatable bonds is 7. The molecule has 1 aromatic carbocycles. The first kappa shape index (κ1) is 17.0. The minimum Gasteiger partial charge on any atom is -0.293 e. The van der Waals surface area contributed by atoms with Gasteiger partial charge in [-0.25, -0.2) is 0 Å². The number of benzene rings is 1. The number of hydrogen-bond donors (Lipinski definition) is 0. The van der Waals surface area contributed by atoms with E-state index in [2.05, 4.69) is 6.92 Å². The van der Waals surface area contributed by atoms with Crippen LogP contribution in [0.4, 0.5) is 0 Å². The Labute approximate surface area is 142 Å². The monoisotopic (exact) mass is 331 g/mol. The minimum absolute atomic E-state index is 0.0456. The van der Waals surface area contributed by atoms with Gasteiger partial charge in [-0.2, -0.15) is 0 Å². The molecule has 2 rings (SSSR count). The van der Waals surface area contributed by atoms with E-state index in [4.69, 9.17) is 12.2 Å². The minimum atomic E-state index is 0.0456. The van der Waals surface area contributed by atoms with E-state index >= 15 is 0 Å². The predicted molar refractivity (Wildman–Crippen MR) is 99.6 cm³/mol. The lowest BCUT2D eigenvalue weighted by Gasteiger charge is -2.13. The third kappa shape index (κ3) is 4.82. The Balaban J connectivity index is 1.93. The zero-order valence-electron chi connectivity index (χ0n) is 12.8. The molecule has 0 unspecified atom stereocenters. The Morgan fingerprint density at radius 3 is 2.68 bits per heavy atom. The van der Waals surface area contributed by atoms with Crippen molar-refractivity contribution in [3.8, 4) is 0 Å². The van der Waals surface area contributed by atoms with Crippen LogP contribution in [0.3, 0.4) is 0 Å². The van der Waals surface area contributed by atoms with Crippen LogP contribution in [0.5, 0.6) is 0 Å². The molecule has 2 nitrogen and oxygen atoms in total. The van der Waals surface area contributed by atoms with Crippen LogP contribution in [0.25, 0.3) is 6.08 Å². The summed E-state index contributed by atoms with van der Waals surface area (Å²) in [6.07, 6.45) is 10.4. The molecule has 1 fully saturated rings. The van der Waals surface area contributed by atoms with Gasteiger partial charge in [-0.05, 0) is 18.1 Å². The van der Waals surface area contributed by atoms with Gasteiger partial charge in [-0.3, -0.25) is 9.69 Å². The number of nitrogens with zero attached hydrogens (tertiary/aromatic N) is 1. The highest BCUT2D eigenvalue weighted by Crippen LogP contribution is 2.31. The standard InChI is InChI=1S/C18H21NOS2/c1-2-3-4-8-14-19-17(20)16(22-18(19)21)13-9-12-15-10-6-5-7-11-15/h5-7,9-13H,2-4,8,14H2,1H3/b12-9+,16-13-. The molecule has 0 saturated carbocycles. The second kappa shape index (κ2) is 8.91. The van der Waals surface area contributed by atoms with E-state index in [1.807, 2.05) is 48.6 Å². The number of allylic oxidation sites excluding steroid dienone is 2. The summed E-state index contributed by atoms with van der Waals surface area (Å²) < 4.78 is 0.681. The summed E-state index contributed by atoms with van der Waals surface area (Å²) in [6, 6.07) is 10.0. The zero-order valence-corrected chi connectivity index (χ0v) is 14.5. The molecule has 1 aliphatic heterocycles. The zero-order chi connectivity index (χ0) is 15.8. The van der Waals surface area contributed by atoms with E-state index < -0.39 is 0 Å². The van der Waals surface area contributed by atoms with Crippen molar-refractivity contribution in [3.05, 3.63) is 53.0 Å². The van der Waals surface area contributed by atoms with Crippen molar-refractivity contribution in [2.45, 2.75) is 32.6 Å². The number of carbonyl (C=O) groups excluding carboxylic acids is 1. The molecule has 1 amide bonds. The van der Waals surface area contributed by atoms with Gasteiger partial charge in [-0.15, -0.1) is 0 Å². The molecule has 1 aromatic rings. The van der Waals surface area contributed by atoms with Gasteiger partial charge >= 0.3 is 0 Å². The molecule has 0 spiro atoms. The molecule has 1 heterocycles. The number of thiocarbonyl (C=S) groups is 1. The van der Waals surface area contributed by atoms with Gasteiger partial charge in [0, 0.05) is 6.54 Å². The lowest BCUT2D eigenvalue weighted by Crippen LogP contribution is -2.28. The number of thioether (sulfide) groups is 1. The summed E-state index contributed by atoms with van der Waals surface area (Å²) in [4.78, 5) is 14.8. The van der Waals surface area contributed by atoms with Crippen LogP contribution in [0.1, 0.15) is 38.2 Å². The molecule has 1 aliphatic rings. The van der Waals surface area contributed by atoms with Crippen molar-refractivity contribution in [2.75, 3.05) is 6.54 Å². The molecule has 0 aromatic heterocycles. The van der Waals surface area contributed by atoms with E-state index in [0.717, 1.165) is 24.9 Å². The molecule has 0 aliphatic carbocycles. The molecule has 0 N–H and O–H groups in total.